The molecule has 1 amide bonds. The normalized spacial score (nSPS) is 23.1. The number of amides is 1. The van der Waals surface area contributed by atoms with Crippen LogP contribution in [0.25, 0.3) is 0 Å². The topological polar surface area (TPSA) is 48.0 Å². The largest absolute Gasteiger partial charge is 0.494 e. The van der Waals surface area contributed by atoms with Gasteiger partial charge in [0.15, 0.2) is 0 Å². The van der Waals surface area contributed by atoms with E-state index in [1.54, 1.807) is 4.90 Å². The predicted molar refractivity (Wildman–Crippen MR) is 108 cm³/mol. The zero-order valence-electron chi connectivity index (χ0n) is 16.8. The first-order valence-electron chi connectivity index (χ1n) is 9.70. The maximum absolute atomic E-state index is 12.2. The molecule has 0 bridgehead atoms. The van der Waals surface area contributed by atoms with Gasteiger partial charge in [0.1, 0.15) is 6.10 Å². The smallest absolute Gasteiger partial charge is 0.439 e. The Bertz CT molecular complexity index is 835. The van der Waals surface area contributed by atoms with Crippen molar-refractivity contribution in [3.63, 3.8) is 0 Å². The summed E-state index contributed by atoms with van der Waals surface area (Å²) in [5.74, 6) is 0. The van der Waals surface area contributed by atoms with Crippen LogP contribution in [0.4, 0.5) is 4.79 Å². The Morgan fingerprint density at radius 1 is 0.964 bits per heavy atom. The van der Waals surface area contributed by atoms with Crippen LogP contribution in [0.5, 0.6) is 0 Å². The van der Waals surface area contributed by atoms with Gasteiger partial charge in [-0.2, -0.15) is 0 Å². The summed E-state index contributed by atoms with van der Waals surface area (Å²) in [6.45, 7) is 9.26. The molecule has 0 radical (unpaired) electrons. The van der Waals surface area contributed by atoms with Crippen LogP contribution < -0.4 is 5.46 Å². The number of hydrogen-bond acceptors (Lipinski definition) is 4. The summed E-state index contributed by atoms with van der Waals surface area (Å²) in [4.78, 5) is 14.0. The van der Waals surface area contributed by atoms with Crippen LogP contribution in [-0.4, -0.2) is 35.9 Å². The Kier molecular flexibility index (Phi) is 4.72. The summed E-state index contributed by atoms with van der Waals surface area (Å²) in [6.07, 6.45) is -0.485. The van der Waals surface area contributed by atoms with Crippen LogP contribution in [0, 0.1) is 0 Å². The Morgan fingerprint density at radius 3 is 2.18 bits per heavy atom. The molecule has 2 aliphatic rings. The zero-order chi connectivity index (χ0) is 19.9. The molecule has 0 spiro atoms. The van der Waals surface area contributed by atoms with Gasteiger partial charge in [0, 0.05) is 6.54 Å². The Labute approximate surface area is 166 Å². The number of ether oxygens (including phenoxy) is 1. The van der Waals surface area contributed by atoms with Crippen molar-refractivity contribution in [2.45, 2.75) is 51.5 Å². The van der Waals surface area contributed by atoms with Crippen LogP contribution in [0.1, 0.15) is 44.9 Å². The van der Waals surface area contributed by atoms with Crippen molar-refractivity contribution >= 4 is 18.7 Å². The summed E-state index contributed by atoms with van der Waals surface area (Å²) in [7, 11) is -0.377. The van der Waals surface area contributed by atoms with E-state index >= 15 is 0 Å². The molecule has 2 aromatic rings. The van der Waals surface area contributed by atoms with Gasteiger partial charge >= 0.3 is 13.2 Å². The van der Waals surface area contributed by atoms with E-state index in [1.807, 2.05) is 82.3 Å². The lowest BCUT2D eigenvalue weighted by molar-refractivity contribution is 0.00578. The molecule has 6 heteroatoms. The van der Waals surface area contributed by atoms with Gasteiger partial charge in [0.2, 0.25) is 0 Å². The number of rotatable bonds is 4. The van der Waals surface area contributed by atoms with Crippen LogP contribution in [0.2, 0.25) is 0 Å². The van der Waals surface area contributed by atoms with Gasteiger partial charge in [0.25, 0.3) is 0 Å². The minimum Gasteiger partial charge on any atom is -0.439 e. The fourth-order valence-corrected chi connectivity index (χ4v) is 3.46. The van der Waals surface area contributed by atoms with Gasteiger partial charge in [-0.05, 0) is 44.3 Å². The van der Waals surface area contributed by atoms with E-state index in [9.17, 15) is 4.79 Å². The fourth-order valence-electron chi connectivity index (χ4n) is 3.46. The van der Waals surface area contributed by atoms with Gasteiger partial charge in [-0.25, -0.2) is 4.79 Å². The fraction of sp³-hybridized carbons (Fsp3) is 0.409. The standard InChI is InChI=1S/C22H26BNO4/c1-21(2)22(3,4)28-23(27-21)18-12-10-16(11-13-18)14-24-15-19(26-20(24)25)17-8-6-5-7-9-17/h5-13,19H,14-15H2,1-4H3/t19-/m0/s1. The van der Waals surface area contributed by atoms with E-state index in [0.29, 0.717) is 13.1 Å². The Balaban J connectivity index is 1.41. The second kappa shape index (κ2) is 6.94. The summed E-state index contributed by atoms with van der Waals surface area (Å²) >= 11 is 0. The second-order valence-corrected chi connectivity index (χ2v) is 8.49. The molecule has 4 rings (SSSR count). The van der Waals surface area contributed by atoms with Gasteiger partial charge in [0.05, 0.1) is 17.7 Å². The molecule has 28 heavy (non-hydrogen) atoms. The highest BCUT2D eigenvalue weighted by atomic mass is 16.7. The van der Waals surface area contributed by atoms with Crippen molar-refractivity contribution in [2.24, 2.45) is 0 Å². The van der Waals surface area contributed by atoms with Crippen molar-refractivity contribution in [1.29, 1.82) is 0 Å². The molecule has 2 heterocycles. The zero-order valence-corrected chi connectivity index (χ0v) is 16.8. The first-order chi connectivity index (χ1) is 13.2. The molecule has 0 saturated carbocycles. The van der Waals surface area contributed by atoms with E-state index in [-0.39, 0.29) is 30.5 Å². The van der Waals surface area contributed by atoms with Crippen LogP contribution >= 0.6 is 0 Å². The average molecular weight is 379 g/mol. The van der Waals surface area contributed by atoms with Gasteiger partial charge in [-0.15, -0.1) is 0 Å². The number of cyclic esters (lactones) is 1. The number of nitrogens with zero attached hydrogens (tertiary/aromatic N) is 1. The molecule has 2 fully saturated rings. The van der Waals surface area contributed by atoms with Crippen LogP contribution in [0.15, 0.2) is 54.6 Å². The third-order valence-corrected chi connectivity index (χ3v) is 5.94. The predicted octanol–water partition coefficient (Wildman–Crippen LogP) is 3.68. The quantitative estimate of drug-likeness (QED) is 0.761. The summed E-state index contributed by atoms with van der Waals surface area (Å²) in [5.41, 5.74) is 2.33. The van der Waals surface area contributed by atoms with Crippen molar-refractivity contribution in [3.05, 3.63) is 65.7 Å². The van der Waals surface area contributed by atoms with E-state index < -0.39 is 0 Å². The van der Waals surface area contributed by atoms with Crippen molar-refractivity contribution in [1.82, 2.24) is 4.90 Å². The van der Waals surface area contributed by atoms with E-state index in [0.717, 1.165) is 16.6 Å². The lowest BCUT2D eigenvalue weighted by Gasteiger charge is -2.32. The number of benzene rings is 2. The Hall–Kier alpha value is -2.31. The highest BCUT2D eigenvalue weighted by Gasteiger charge is 2.51. The van der Waals surface area contributed by atoms with Gasteiger partial charge in [-0.3, -0.25) is 4.90 Å². The molecule has 1 atom stereocenters. The molecular weight excluding hydrogens is 353 g/mol. The van der Waals surface area contributed by atoms with Crippen molar-refractivity contribution in [2.75, 3.05) is 6.54 Å². The third-order valence-electron chi connectivity index (χ3n) is 5.94. The number of carbonyl (C=O) groups is 1. The van der Waals surface area contributed by atoms with E-state index in [2.05, 4.69) is 0 Å². The summed E-state index contributed by atoms with van der Waals surface area (Å²) < 4.78 is 17.7. The monoisotopic (exact) mass is 379 g/mol. The molecular formula is C22H26BNO4. The molecule has 0 aliphatic carbocycles. The maximum Gasteiger partial charge on any atom is 0.494 e. The molecule has 0 unspecified atom stereocenters. The van der Waals surface area contributed by atoms with Crippen LogP contribution in [-0.2, 0) is 20.6 Å². The maximum atomic E-state index is 12.2. The number of carbonyl (C=O) groups excluding carboxylic acids is 1. The molecule has 5 nitrogen and oxygen atoms in total. The van der Waals surface area contributed by atoms with E-state index in [4.69, 9.17) is 14.0 Å². The summed E-state index contributed by atoms with van der Waals surface area (Å²) in [5, 5.41) is 0. The molecule has 2 saturated heterocycles. The molecule has 146 valence electrons. The van der Waals surface area contributed by atoms with E-state index in [1.165, 1.54) is 0 Å². The number of hydrogen-bond donors (Lipinski definition) is 0. The van der Waals surface area contributed by atoms with Gasteiger partial charge in [-0.1, -0.05) is 54.6 Å². The Morgan fingerprint density at radius 2 is 1.57 bits per heavy atom. The lowest BCUT2D eigenvalue weighted by Crippen LogP contribution is -2.41. The highest BCUT2D eigenvalue weighted by molar-refractivity contribution is 6.62. The first-order valence-corrected chi connectivity index (χ1v) is 9.70. The summed E-state index contributed by atoms with van der Waals surface area (Å²) in [6, 6.07) is 17.9. The first kappa shape index (κ1) is 19.0. The highest BCUT2D eigenvalue weighted by Crippen LogP contribution is 2.36. The van der Waals surface area contributed by atoms with Crippen molar-refractivity contribution in [3.8, 4) is 0 Å². The molecule has 0 aromatic heterocycles. The lowest BCUT2D eigenvalue weighted by atomic mass is 9.79. The molecule has 2 aliphatic heterocycles. The minimum atomic E-state index is -0.377. The van der Waals surface area contributed by atoms with Gasteiger partial charge < -0.3 is 14.0 Å². The molecule has 0 N–H and O–H groups in total. The average Bonchev–Trinajstić information content (AvgIpc) is 3.12. The third kappa shape index (κ3) is 3.54. The second-order valence-electron chi connectivity index (χ2n) is 8.49. The minimum absolute atomic E-state index is 0.210. The van der Waals surface area contributed by atoms with Crippen LogP contribution in [0.3, 0.4) is 0 Å². The SMILES string of the molecule is CC1(C)OB(c2ccc(CN3C[C@@H](c4ccccc4)OC3=O)cc2)OC1(C)C. The van der Waals surface area contributed by atoms with Crippen molar-refractivity contribution < 1.29 is 18.8 Å². The molecule has 2 aromatic carbocycles.